The fourth-order valence-electron chi connectivity index (χ4n) is 1.71. The fourth-order valence-corrected chi connectivity index (χ4v) is 1.83. The van der Waals surface area contributed by atoms with E-state index in [4.69, 9.17) is 21.4 Å². The van der Waals surface area contributed by atoms with Crippen LogP contribution in [0.2, 0.25) is 5.02 Å². The predicted molar refractivity (Wildman–Crippen MR) is 74.4 cm³/mol. The molecule has 19 heavy (non-hydrogen) atoms. The number of hydrogen-bond donors (Lipinski definition) is 1. The van der Waals surface area contributed by atoms with Crippen molar-refractivity contribution in [3.8, 4) is 11.5 Å². The molecule has 2 aromatic rings. The van der Waals surface area contributed by atoms with Gasteiger partial charge < -0.3 is 9.84 Å². The fraction of sp³-hybridized carbons (Fsp3) is 0.133. The Labute approximate surface area is 116 Å². The SMILES string of the molecule is Cc1ccc(Oc2ccc(Cl)c(C)c2)c(C(=O)O)c1. The van der Waals surface area contributed by atoms with Crippen molar-refractivity contribution in [1.29, 1.82) is 0 Å². The van der Waals surface area contributed by atoms with Crippen molar-refractivity contribution in [2.24, 2.45) is 0 Å². The van der Waals surface area contributed by atoms with Crippen LogP contribution in [0.4, 0.5) is 0 Å². The molecule has 0 fully saturated rings. The highest BCUT2D eigenvalue weighted by molar-refractivity contribution is 6.31. The number of carbonyl (C=O) groups is 1. The van der Waals surface area contributed by atoms with E-state index in [1.54, 1.807) is 30.3 Å². The van der Waals surface area contributed by atoms with Crippen molar-refractivity contribution in [2.75, 3.05) is 0 Å². The highest BCUT2D eigenvalue weighted by Gasteiger charge is 2.12. The summed E-state index contributed by atoms with van der Waals surface area (Å²) in [5.41, 5.74) is 1.90. The van der Waals surface area contributed by atoms with Gasteiger partial charge in [-0.25, -0.2) is 4.79 Å². The molecule has 0 saturated carbocycles. The number of aromatic carboxylic acids is 1. The first kappa shape index (κ1) is 13.4. The lowest BCUT2D eigenvalue weighted by Gasteiger charge is -2.10. The van der Waals surface area contributed by atoms with Crippen LogP contribution in [0.15, 0.2) is 36.4 Å². The second-order valence-electron chi connectivity index (χ2n) is 4.32. The monoisotopic (exact) mass is 276 g/mol. The number of hydrogen-bond acceptors (Lipinski definition) is 2. The number of carboxylic acids is 1. The minimum absolute atomic E-state index is 0.146. The lowest BCUT2D eigenvalue weighted by Crippen LogP contribution is -2.00. The molecule has 0 aliphatic rings. The van der Waals surface area contributed by atoms with E-state index in [0.29, 0.717) is 16.5 Å². The molecule has 4 heteroatoms. The second kappa shape index (κ2) is 5.33. The number of rotatable bonds is 3. The molecule has 0 aliphatic carbocycles. The average Bonchev–Trinajstić information content (AvgIpc) is 2.36. The van der Waals surface area contributed by atoms with Crippen LogP contribution >= 0.6 is 11.6 Å². The van der Waals surface area contributed by atoms with E-state index in [1.807, 2.05) is 19.9 Å². The summed E-state index contributed by atoms with van der Waals surface area (Å²) in [6, 6.07) is 10.3. The zero-order valence-electron chi connectivity index (χ0n) is 10.6. The maximum Gasteiger partial charge on any atom is 0.339 e. The van der Waals surface area contributed by atoms with Crippen LogP contribution in [0, 0.1) is 13.8 Å². The molecule has 0 spiro atoms. The van der Waals surface area contributed by atoms with Crippen LogP contribution in [-0.2, 0) is 0 Å². The highest BCUT2D eigenvalue weighted by atomic mass is 35.5. The van der Waals surface area contributed by atoms with Crippen molar-refractivity contribution >= 4 is 17.6 Å². The molecule has 0 atom stereocenters. The minimum atomic E-state index is -1.01. The molecule has 0 heterocycles. The quantitative estimate of drug-likeness (QED) is 0.901. The molecule has 0 amide bonds. The molecule has 98 valence electrons. The molecular formula is C15H13ClO3. The van der Waals surface area contributed by atoms with E-state index in [1.165, 1.54) is 0 Å². The van der Waals surface area contributed by atoms with Crippen LogP contribution in [0.5, 0.6) is 11.5 Å². The Bertz CT molecular complexity index is 635. The van der Waals surface area contributed by atoms with Crippen LogP contribution < -0.4 is 4.74 Å². The molecule has 3 nitrogen and oxygen atoms in total. The van der Waals surface area contributed by atoms with Crippen LogP contribution in [0.3, 0.4) is 0 Å². The van der Waals surface area contributed by atoms with Crippen molar-refractivity contribution in [2.45, 2.75) is 13.8 Å². The van der Waals surface area contributed by atoms with Gasteiger partial charge in [-0.2, -0.15) is 0 Å². The third-order valence-corrected chi connectivity index (χ3v) is 3.15. The number of aryl methyl sites for hydroxylation is 2. The second-order valence-corrected chi connectivity index (χ2v) is 4.73. The summed E-state index contributed by atoms with van der Waals surface area (Å²) in [4.78, 5) is 11.2. The van der Waals surface area contributed by atoms with E-state index in [0.717, 1.165) is 11.1 Å². The lowest BCUT2D eigenvalue weighted by molar-refractivity contribution is 0.0694. The van der Waals surface area contributed by atoms with Crippen molar-refractivity contribution in [3.05, 3.63) is 58.1 Å². The largest absolute Gasteiger partial charge is 0.478 e. The van der Waals surface area contributed by atoms with Gasteiger partial charge in [0, 0.05) is 5.02 Å². The zero-order chi connectivity index (χ0) is 14.0. The number of benzene rings is 2. The third kappa shape index (κ3) is 3.06. The molecule has 2 aromatic carbocycles. The Kier molecular flexibility index (Phi) is 3.76. The van der Waals surface area contributed by atoms with Gasteiger partial charge in [0.05, 0.1) is 0 Å². The van der Waals surface area contributed by atoms with Gasteiger partial charge in [-0.1, -0.05) is 23.2 Å². The number of halogens is 1. The summed E-state index contributed by atoms with van der Waals surface area (Å²) in [5, 5.41) is 9.81. The lowest BCUT2D eigenvalue weighted by atomic mass is 10.1. The molecule has 0 saturated heterocycles. The normalized spacial score (nSPS) is 10.3. The number of ether oxygens (including phenoxy) is 1. The van der Waals surface area contributed by atoms with Crippen LogP contribution in [0.25, 0.3) is 0 Å². The van der Waals surface area contributed by atoms with Gasteiger partial charge >= 0.3 is 5.97 Å². The Morgan fingerprint density at radius 2 is 1.89 bits per heavy atom. The molecule has 0 bridgehead atoms. The van der Waals surface area contributed by atoms with E-state index in [2.05, 4.69) is 0 Å². The van der Waals surface area contributed by atoms with Gasteiger partial charge in [-0.15, -0.1) is 0 Å². The Morgan fingerprint density at radius 3 is 2.53 bits per heavy atom. The number of carboxylic acid groups (broad SMARTS) is 1. The Morgan fingerprint density at radius 1 is 1.16 bits per heavy atom. The highest BCUT2D eigenvalue weighted by Crippen LogP contribution is 2.28. The standard InChI is InChI=1S/C15H13ClO3/c1-9-3-6-14(12(7-9)15(17)18)19-11-4-5-13(16)10(2)8-11/h3-8H,1-2H3,(H,17,18). The van der Waals surface area contributed by atoms with Gasteiger partial charge in [0.1, 0.15) is 17.1 Å². The zero-order valence-corrected chi connectivity index (χ0v) is 11.4. The summed E-state index contributed by atoms with van der Waals surface area (Å²) >= 11 is 5.94. The minimum Gasteiger partial charge on any atom is -0.478 e. The molecule has 2 rings (SSSR count). The van der Waals surface area contributed by atoms with Gasteiger partial charge in [0.25, 0.3) is 0 Å². The van der Waals surface area contributed by atoms with Crippen LogP contribution in [0.1, 0.15) is 21.5 Å². The van der Waals surface area contributed by atoms with Crippen LogP contribution in [-0.4, -0.2) is 11.1 Å². The summed E-state index contributed by atoms with van der Waals surface area (Å²) in [5.74, 6) is -0.127. The maximum absolute atomic E-state index is 11.2. The van der Waals surface area contributed by atoms with E-state index in [-0.39, 0.29) is 5.56 Å². The van der Waals surface area contributed by atoms with Crippen molar-refractivity contribution < 1.29 is 14.6 Å². The summed E-state index contributed by atoms with van der Waals surface area (Å²) in [6.07, 6.45) is 0. The molecule has 1 N–H and O–H groups in total. The molecular weight excluding hydrogens is 264 g/mol. The Hall–Kier alpha value is -2.00. The van der Waals surface area contributed by atoms with E-state index < -0.39 is 5.97 Å². The first-order chi connectivity index (χ1) is 8.97. The topological polar surface area (TPSA) is 46.5 Å². The molecule has 0 aliphatic heterocycles. The van der Waals surface area contributed by atoms with E-state index in [9.17, 15) is 4.79 Å². The van der Waals surface area contributed by atoms with Gasteiger partial charge in [-0.3, -0.25) is 0 Å². The van der Waals surface area contributed by atoms with Gasteiger partial charge in [0.2, 0.25) is 0 Å². The first-order valence-corrected chi connectivity index (χ1v) is 6.13. The molecule has 0 radical (unpaired) electrons. The smallest absolute Gasteiger partial charge is 0.339 e. The maximum atomic E-state index is 11.2. The predicted octanol–water partition coefficient (Wildman–Crippen LogP) is 4.45. The van der Waals surface area contributed by atoms with E-state index >= 15 is 0 Å². The molecule has 0 unspecified atom stereocenters. The third-order valence-electron chi connectivity index (χ3n) is 2.72. The summed E-state index contributed by atoms with van der Waals surface area (Å²) in [7, 11) is 0. The average molecular weight is 277 g/mol. The van der Waals surface area contributed by atoms with Gasteiger partial charge in [0.15, 0.2) is 0 Å². The van der Waals surface area contributed by atoms with Gasteiger partial charge in [-0.05, 0) is 49.7 Å². The first-order valence-electron chi connectivity index (χ1n) is 5.75. The Balaban J connectivity index is 2.37. The summed E-state index contributed by atoms with van der Waals surface area (Å²) < 4.78 is 5.62. The van der Waals surface area contributed by atoms with Crippen molar-refractivity contribution in [1.82, 2.24) is 0 Å². The summed E-state index contributed by atoms with van der Waals surface area (Å²) in [6.45, 7) is 3.70. The van der Waals surface area contributed by atoms with Crippen molar-refractivity contribution in [3.63, 3.8) is 0 Å². The molecule has 0 aromatic heterocycles.